The molecule has 1 aliphatic carbocycles. The molecule has 108 valence electrons. The van der Waals surface area contributed by atoms with Gasteiger partial charge in [-0.15, -0.1) is 0 Å². The lowest BCUT2D eigenvalue weighted by molar-refractivity contribution is -0.172. The summed E-state index contributed by atoms with van der Waals surface area (Å²) >= 11 is 0. The molecule has 0 spiro atoms. The van der Waals surface area contributed by atoms with Crippen LogP contribution in [0.4, 0.5) is 0 Å². The maximum absolute atomic E-state index is 12.9. The standard InChI is InChI=1S/C17H23NO2/c1-13(2)17(20)11-18(12-17)15(19)16(9-6-10-16)14-7-4-3-5-8-14/h3-5,7-8,13,20H,6,9-12H2,1-2H3. The van der Waals surface area contributed by atoms with Gasteiger partial charge in [-0.3, -0.25) is 4.79 Å². The first kappa shape index (κ1) is 13.6. The molecule has 0 unspecified atom stereocenters. The maximum atomic E-state index is 12.9. The summed E-state index contributed by atoms with van der Waals surface area (Å²) in [6, 6.07) is 10.1. The zero-order chi connectivity index (χ0) is 14.4. The van der Waals surface area contributed by atoms with E-state index in [1.807, 2.05) is 36.9 Å². The van der Waals surface area contributed by atoms with Crippen LogP contribution in [0.1, 0.15) is 38.7 Å². The summed E-state index contributed by atoms with van der Waals surface area (Å²) in [5, 5.41) is 10.3. The third-order valence-corrected chi connectivity index (χ3v) is 5.23. The van der Waals surface area contributed by atoms with Crippen molar-refractivity contribution < 1.29 is 9.90 Å². The number of β-amino-alcohol motifs (C(OH)–C–C–N with tert-alkyl or cyclic N) is 1. The summed E-state index contributed by atoms with van der Waals surface area (Å²) in [7, 11) is 0. The first-order valence-corrected chi connectivity index (χ1v) is 7.55. The van der Waals surface area contributed by atoms with Crippen molar-refractivity contribution in [1.29, 1.82) is 0 Å². The third kappa shape index (κ3) is 1.87. The first-order chi connectivity index (χ1) is 9.48. The molecule has 3 rings (SSSR count). The van der Waals surface area contributed by atoms with E-state index in [1.54, 1.807) is 0 Å². The number of carbonyl (C=O) groups is 1. The van der Waals surface area contributed by atoms with E-state index in [2.05, 4.69) is 12.1 Å². The fraction of sp³-hybridized carbons (Fsp3) is 0.588. The molecule has 1 saturated carbocycles. The summed E-state index contributed by atoms with van der Waals surface area (Å²) in [5.74, 6) is 0.404. The Labute approximate surface area is 120 Å². The first-order valence-electron chi connectivity index (χ1n) is 7.55. The van der Waals surface area contributed by atoms with Crippen molar-refractivity contribution in [3.63, 3.8) is 0 Å². The average molecular weight is 273 g/mol. The Morgan fingerprint density at radius 2 is 1.80 bits per heavy atom. The Bertz CT molecular complexity index is 499. The van der Waals surface area contributed by atoms with Gasteiger partial charge in [-0.2, -0.15) is 0 Å². The van der Waals surface area contributed by atoms with Gasteiger partial charge in [-0.05, 0) is 24.3 Å². The number of hydrogen-bond donors (Lipinski definition) is 1. The molecule has 1 N–H and O–H groups in total. The van der Waals surface area contributed by atoms with Crippen LogP contribution < -0.4 is 0 Å². The molecule has 3 heteroatoms. The van der Waals surface area contributed by atoms with Gasteiger partial charge in [0.05, 0.1) is 18.5 Å². The molecule has 1 amide bonds. The highest BCUT2D eigenvalue weighted by molar-refractivity contribution is 5.90. The van der Waals surface area contributed by atoms with Gasteiger partial charge < -0.3 is 10.0 Å². The number of amides is 1. The third-order valence-electron chi connectivity index (χ3n) is 5.23. The molecule has 3 nitrogen and oxygen atoms in total. The van der Waals surface area contributed by atoms with Gasteiger partial charge in [-0.25, -0.2) is 0 Å². The molecule has 0 radical (unpaired) electrons. The quantitative estimate of drug-likeness (QED) is 0.918. The van der Waals surface area contributed by atoms with Crippen LogP contribution >= 0.6 is 0 Å². The second-order valence-corrected chi connectivity index (χ2v) is 6.72. The lowest BCUT2D eigenvalue weighted by Crippen LogP contribution is -2.69. The van der Waals surface area contributed by atoms with Gasteiger partial charge in [0.25, 0.3) is 0 Å². The minimum atomic E-state index is -0.683. The molecule has 0 bridgehead atoms. The van der Waals surface area contributed by atoms with Crippen molar-refractivity contribution >= 4 is 5.91 Å². The van der Waals surface area contributed by atoms with Crippen molar-refractivity contribution in [3.05, 3.63) is 35.9 Å². The Morgan fingerprint density at radius 3 is 2.25 bits per heavy atom. The zero-order valence-electron chi connectivity index (χ0n) is 12.3. The number of hydrogen-bond acceptors (Lipinski definition) is 2. The Hall–Kier alpha value is -1.35. The maximum Gasteiger partial charge on any atom is 0.233 e. The van der Waals surface area contributed by atoms with Crippen molar-refractivity contribution in [1.82, 2.24) is 4.90 Å². The fourth-order valence-corrected chi connectivity index (χ4v) is 3.34. The number of carbonyl (C=O) groups excluding carboxylic acids is 1. The van der Waals surface area contributed by atoms with Crippen LogP contribution in [-0.4, -0.2) is 34.6 Å². The van der Waals surface area contributed by atoms with E-state index in [1.165, 1.54) is 0 Å². The van der Waals surface area contributed by atoms with Crippen LogP contribution in [0.15, 0.2) is 30.3 Å². The highest BCUT2D eigenvalue weighted by Gasteiger charge is 2.53. The molecule has 1 aliphatic heterocycles. The second kappa shape index (κ2) is 4.59. The Morgan fingerprint density at radius 1 is 1.20 bits per heavy atom. The van der Waals surface area contributed by atoms with E-state index in [0.717, 1.165) is 24.8 Å². The lowest BCUT2D eigenvalue weighted by Gasteiger charge is -2.53. The van der Waals surface area contributed by atoms with Crippen LogP contribution in [0.25, 0.3) is 0 Å². The van der Waals surface area contributed by atoms with Gasteiger partial charge >= 0.3 is 0 Å². The van der Waals surface area contributed by atoms with Crippen molar-refractivity contribution in [3.8, 4) is 0 Å². The predicted molar refractivity (Wildman–Crippen MR) is 78.3 cm³/mol. The Balaban J connectivity index is 1.77. The molecule has 1 aromatic rings. The molecule has 1 heterocycles. The zero-order valence-corrected chi connectivity index (χ0v) is 12.3. The normalized spacial score (nSPS) is 23.1. The van der Waals surface area contributed by atoms with Crippen LogP contribution in [0.2, 0.25) is 0 Å². The van der Waals surface area contributed by atoms with Crippen LogP contribution in [-0.2, 0) is 10.2 Å². The van der Waals surface area contributed by atoms with Crippen molar-refractivity contribution in [2.75, 3.05) is 13.1 Å². The number of rotatable bonds is 3. The fourth-order valence-electron chi connectivity index (χ4n) is 3.34. The molecule has 1 saturated heterocycles. The largest absolute Gasteiger partial charge is 0.386 e. The van der Waals surface area contributed by atoms with E-state index >= 15 is 0 Å². The molecule has 1 aromatic carbocycles. The molecular formula is C17H23NO2. The smallest absolute Gasteiger partial charge is 0.233 e. The van der Waals surface area contributed by atoms with Crippen LogP contribution in [0.3, 0.4) is 0 Å². The lowest BCUT2D eigenvalue weighted by atomic mass is 9.62. The van der Waals surface area contributed by atoms with E-state index in [0.29, 0.717) is 13.1 Å². The number of aliphatic hydroxyl groups is 1. The molecule has 20 heavy (non-hydrogen) atoms. The molecule has 2 fully saturated rings. The summed E-state index contributed by atoms with van der Waals surface area (Å²) in [4.78, 5) is 14.7. The average Bonchev–Trinajstić information content (AvgIpc) is 2.34. The van der Waals surface area contributed by atoms with E-state index < -0.39 is 5.60 Å². The number of nitrogens with zero attached hydrogens (tertiary/aromatic N) is 1. The SMILES string of the molecule is CC(C)C1(O)CN(C(=O)C2(c3ccccc3)CCC2)C1. The molecule has 0 aromatic heterocycles. The van der Waals surface area contributed by atoms with Crippen LogP contribution in [0, 0.1) is 5.92 Å². The van der Waals surface area contributed by atoms with Gasteiger partial charge in [0.1, 0.15) is 5.60 Å². The van der Waals surface area contributed by atoms with Gasteiger partial charge in [0, 0.05) is 0 Å². The minimum absolute atomic E-state index is 0.195. The summed E-state index contributed by atoms with van der Waals surface area (Å²) in [6.07, 6.45) is 2.99. The number of benzene rings is 1. The number of likely N-dealkylation sites (tertiary alicyclic amines) is 1. The van der Waals surface area contributed by atoms with E-state index in [4.69, 9.17) is 0 Å². The monoisotopic (exact) mass is 273 g/mol. The van der Waals surface area contributed by atoms with Crippen molar-refractivity contribution in [2.45, 2.75) is 44.1 Å². The van der Waals surface area contributed by atoms with E-state index in [9.17, 15) is 9.90 Å². The molecule has 2 aliphatic rings. The van der Waals surface area contributed by atoms with Gasteiger partial charge in [-0.1, -0.05) is 50.6 Å². The summed E-state index contributed by atoms with van der Waals surface area (Å²) < 4.78 is 0. The van der Waals surface area contributed by atoms with Gasteiger partial charge in [0.15, 0.2) is 0 Å². The van der Waals surface area contributed by atoms with E-state index in [-0.39, 0.29) is 17.2 Å². The minimum Gasteiger partial charge on any atom is -0.386 e. The predicted octanol–water partition coefficient (Wildman–Crippen LogP) is 2.34. The summed E-state index contributed by atoms with van der Waals surface area (Å²) in [6.45, 7) is 4.99. The summed E-state index contributed by atoms with van der Waals surface area (Å²) in [5.41, 5.74) is 0.132. The Kier molecular flexibility index (Phi) is 3.13. The molecular weight excluding hydrogens is 250 g/mol. The second-order valence-electron chi connectivity index (χ2n) is 6.72. The molecule has 0 atom stereocenters. The highest BCUT2D eigenvalue weighted by atomic mass is 16.3. The topological polar surface area (TPSA) is 40.5 Å². The van der Waals surface area contributed by atoms with Crippen molar-refractivity contribution in [2.24, 2.45) is 5.92 Å². The van der Waals surface area contributed by atoms with Gasteiger partial charge in [0.2, 0.25) is 5.91 Å². The highest BCUT2D eigenvalue weighted by Crippen LogP contribution is 2.46. The van der Waals surface area contributed by atoms with Crippen LogP contribution in [0.5, 0.6) is 0 Å².